The number of benzene rings is 1. The zero-order valence-corrected chi connectivity index (χ0v) is 8.14. The predicted octanol–water partition coefficient (Wildman–Crippen LogP) is 2.50. The zero-order chi connectivity index (χ0) is 9.14. The fourth-order valence-electron chi connectivity index (χ4n) is 0.959. The lowest BCUT2D eigenvalue weighted by Crippen LogP contribution is -2.10. The second-order valence-electron chi connectivity index (χ2n) is 2.91. The van der Waals surface area contributed by atoms with Gasteiger partial charge in [-0.3, -0.25) is 4.79 Å². The lowest BCUT2D eigenvalue weighted by molar-refractivity contribution is 0.0994. The van der Waals surface area contributed by atoms with Crippen molar-refractivity contribution in [1.82, 2.24) is 0 Å². The van der Waals surface area contributed by atoms with E-state index in [1.54, 1.807) is 6.92 Å². The number of thiol groups is 1. The van der Waals surface area contributed by atoms with Crippen molar-refractivity contribution in [2.75, 3.05) is 0 Å². The first-order valence-electron chi connectivity index (χ1n) is 3.90. The molecule has 12 heavy (non-hydrogen) atoms. The van der Waals surface area contributed by atoms with E-state index >= 15 is 0 Å². The fourth-order valence-corrected chi connectivity index (χ4v) is 1.11. The zero-order valence-electron chi connectivity index (χ0n) is 7.24. The van der Waals surface area contributed by atoms with Crippen LogP contribution in [0, 0.1) is 6.92 Å². The smallest absolute Gasteiger partial charge is 0.175 e. The monoisotopic (exact) mass is 180 g/mol. The van der Waals surface area contributed by atoms with Crippen LogP contribution in [0.15, 0.2) is 24.3 Å². The van der Waals surface area contributed by atoms with Gasteiger partial charge in [0.1, 0.15) is 0 Å². The van der Waals surface area contributed by atoms with Crippen molar-refractivity contribution in [1.29, 1.82) is 0 Å². The number of ketones is 1. The van der Waals surface area contributed by atoms with Gasteiger partial charge in [0, 0.05) is 5.56 Å². The lowest BCUT2D eigenvalue weighted by atomic mass is 10.1. The van der Waals surface area contributed by atoms with Crippen LogP contribution >= 0.6 is 12.6 Å². The minimum atomic E-state index is -0.215. The summed E-state index contributed by atoms with van der Waals surface area (Å²) in [6, 6.07) is 7.54. The number of aryl methyl sites for hydroxylation is 1. The van der Waals surface area contributed by atoms with E-state index in [1.807, 2.05) is 31.2 Å². The average Bonchev–Trinajstić information content (AvgIpc) is 2.04. The van der Waals surface area contributed by atoms with E-state index in [-0.39, 0.29) is 11.0 Å². The third-order valence-corrected chi connectivity index (χ3v) is 1.95. The third-order valence-electron chi connectivity index (χ3n) is 1.72. The topological polar surface area (TPSA) is 17.1 Å². The number of carbonyl (C=O) groups is 1. The van der Waals surface area contributed by atoms with Gasteiger partial charge in [-0.1, -0.05) is 29.8 Å². The van der Waals surface area contributed by atoms with Crippen molar-refractivity contribution in [3.05, 3.63) is 35.4 Å². The second kappa shape index (κ2) is 3.76. The van der Waals surface area contributed by atoms with Gasteiger partial charge in [0.15, 0.2) is 5.78 Å². The highest BCUT2D eigenvalue weighted by Gasteiger charge is 2.09. The molecule has 0 bridgehead atoms. The number of rotatable bonds is 2. The first-order chi connectivity index (χ1) is 5.61. The molecule has 0 saturated carbocycles. The van der Waals surface area contributed by atoms with Crippen molar-refractivity contribution in [3.63, 3.8) is 0 Å². The molecule has 1 aromatic rings. The van der Waals surface area contributed by atoms with Crippen molar-refractivity contribution < 1.29 is 4.79 Å². The van der Waals surface area contributed by atoms with E-state index in [4.69, 9.17) is 0 Å². The first-order valence-corrected chi connectivity index (χ1v) is 4.42. The minimum Gasteiger partial charge on any atom is -0.293 e. The molecule has 0 N–H and O–H groups in total. The lowest BCUT2D eigenvalue weighted by Gasteiger charge is -2.02. The highest BCUT2D eigenvalue weighted by Crippen LogP contribution is 2.08. The van der Waals surface area contributed by atoms with Crippen molar-refractivity contribution >= 4 is 18.4 Å². The van der Waals surface area contributed by atoms with Crippen molar-refractivity contribution in [2.24, 2.45) is 0 Å². The largest absolute Gasteiger partial charge is 0.293 e. The number of Topliss-reactive ketones (excluding diaryl/α,β-unsaturated/α-hetero) is 1. The van der Waals surface area contributed by atoms with Crippen LogP contribution in [0.1, 0.15) is 22.8 Å². The molecular weight excluding hydrogens is 168 g/mol. The Morgan fingerprint density at radius 2 is 1.83 bits per heavy atom. The number of hydrogen-bond donors (Lipinski definition) is 1. The molecule has 1 nitrogen and oxygen atoms in total. The Kier molecular flexibility index (Phi) is 2.93. The third kappa shape index (κ3) is 2.11. The number of hydrogen-bond acceptors (Lipinski definition) is 2. The first kappa shape index (κ1) is 9.33. The molecule has 64 valence electrons. The van der Waals surface area contributed by atoms with Gasteiger partial charge in [0.2, 0.25) is 0 Å². The van der Waals surface area contributed by atoms with Crippen LogP contribution in [0.25, 0.3) is 0 Å². The highest BCUT2D eigenvalue weighted by molar-refractivity contribution is 7.81. The van der Waals surface area contributed by atoms with Crippen LogP contribution < -0.4 is 0 Å². The van der Waals surface area contributed by atoms with E-state index in [9.17, 15) is 4.79 Å². The van der Waals surface area contributed by atoms with Gasteiger partial charge < -0.3 is 0 Å². The quantitative estimate of drug-likeness (QED) is 0.546. The van der Waals surface area contributed by atoms with E-state index in [0.29, 0.717) is 0 Å². The summed E-state index contributed by atoms with van der Waals surface area (Å²) in [4.78, 5) is 11.4. The van der Waals surface area contributed by atoms with Gasteiger partial charge in [-0.05, 0) is 13.8 Å². The maximum atomic E-state index is 11.4. The molecule has 1 rings (SSSR count). The van der Waals surface area contributed by atoms with Gasteiger partial charge in [-0.2, -0.15) is 12.6 Å². The molecule has 0 radical (unpaired) electrons. The SMILES string of the molecule is Cc1ccc(C(=O)C(C)S)cc1. The standard InChI is InChI=1S/C10H12OS/c1-7-3-5-9(6-4-7)10(11)8(2)12/h3-6,8,12H,1-2H3. The summed E-state index contributed by atoms with van der Waals surface area (Å²) in [5, 5.41) is -0.215. The molecule has 2 heteroatoms. The summed E-state index contributed by atoms with van der Waals surface area (Å²) in [6.45, 7) is 3.78. The summed E-state index contributed by atoms with van der Waals surface area (Å²) in [5.41, 5.74) is 1.90. The summed E-state index contributed by atoms with van der Waals surface area (Å²) >= 11 is 4.08. The Hall–Kier alpha value is -0.760. The van der Waals surface area contributed by atoms with E-state index in [0.717, 1.165) is 5.56 Å². The summed E-state index contributed by atoms with van der Waals surface area (Å²) < 4.78 is 0. The maximum Gasteiger partial charge on any atom is 0.175 e. The molecule has 0 aliphatic heterocycles. The molecule has 0 saturated heterocycles. The molecule has 1 unspecified atom stereocenters. The van der Waals surface area contributed by atoms with Gasteiger partial charge in [-0.25, -0.2) is 0 Å². The van der Waals surface area contributed by atoms with Crippen LogP contribution in [0.3, 0.4) is 0 Å². The molecule has 0 aliphatic carbocycles. The van der Waals surface area contributed by atoms with Crippen LogP contribution in [-0.4, -0.2) is 11.0 Å². The predicted molar refractivity (Wildman–Crippen MR) is 54.0 cm³/mol. The Balaban J connectivity index is 2.90. The Bertz CT molecular complexity index is 274. The van der Waals surface area contributed by atoms with E-state index in [2.05, 4.69) is 12.6 Å². The Morgan fingerprint density at radius 3 is 2.25 bits per heavy atom. The summed E-state index contributed by atoms with van der Waals surface area (Å²) in [6.07, 6.45) is 0. The van der Waals surface area contributed by atoms with E-state index in [1.165, 1.54) is 5.56 Å². The van der Waals surface area contributed by atoms with Crippen LogP contribution in [0.4, 0.5) is 0 Å². The van der Waals surface area contributed by atoms with Gasteiger partial charge in [0.25, 0.3) is 0 Å². The molecular formula is C10H12OS. The molecule has 1 atom stereocenters. The normalized spacial score (nSPS) is 12.6. The van der Waals surface area contributed by atoms with Crippen LogP contribution in [-0.2, 0) is 0 Å². The molecule has 0 aliphatic rings. The van der Waals surface area contributed by atoms with Crippen molar-refractivity contribution in [3.8, 4) is 0 Å². The molecule has 1 aromatic carbocycles. The Morgan fingerprint density at radius 1 is 1.33 bits per heavy atom. The molecule has 0 spiro atoms. The summed E-state index contributed by atoms with van der Waals surface area (Å²) in [7, 11) is 0. The van der Waals surface area contributed by atoms with Gasteiger partial charge >= 0.3 is 0 Å². The van der Waals surface area contributed by atoms with Gasteiger partial charge in [0.05, 0.1) is 5.25 Å². The van der Waals surface area contributed by atoms with Crippen molar-refractivity contribution in [2.45, 2.75) is 19.1 Å². The molecule has 0 fully saturated rings. The molecule has 0 amide bonds. The maximum absolute atomic E-state index is 11.4. The highest BCUT2D eigenvalue weighted by atomic mass is 32.1. The van der Waals surface area contributed by atoms with E-state index < -0.39 is 0 Å². The Labute approximate surface area is 78.2 Å². The van der Waals surface area contributed by atoms with Crippen LogP contribution in [0.5, 0.6) is 0 Å². The summed E-state index contributed by atoms with van der Waals surface area (Å²) in [5.74, 6) is 0.0818. The molecule has 0 heterocycles. The van der Waals surface area contributed by atoms with Gasteiger partial charge in [-0.15, -0.1) is 0 Å². The molecule has 0 aromatic heterocycles. The average molecular weight is 180 g/mol. The van der Waals surface area contributed by atoms with Crippen LogP contribution in [0.2, 0.25) is 0 Å². The second-order valence-corrected chi connectivity index (χ2v) is 3.68. The fraction of sp³-hybridized carbons (Fsp3) is 0.300. The minimum absolute atomic E-state index is 0.0818. The number of carbonyl (C=O) groups excluding carboxylic acids is 1.